The summed E-state index contributed by atoms with van der Waals surface area (Å²) in [6.45, 7) is 1.49. The molecule has 1 aromatic carbocycles. The average Bonchev–Trinajstić information content (AvgIpc) is 2.69. The van der Waals surface area contributed by atoms with E-state index in [0.29, 0.717) is 18.3 Å². The van der Waals surface area contributed by atoms with Crippen molar-refractivity contribution in [1.29, 1.82) is 0 Å². The Balaban J connectivity index is 1.52. The SMILES string of the molecule is O=C(NCc1ccc(N2CCCC[C@H]2CCO)nc1)Nc1ccc(F)cc1. The minimum atomic E-state index is -0.357. The van der Waals surface area contributed by atoms with Crippen LogP contribution in [0.15, 0.2) is 42.6 Å². The number of rotatable bonds is 6. The van der Waals surface area contributed by atoms with Crippen molar-refractivity contribution >= 4 is 17.5 Å². The van der Waals surface area contributed by atoms with Crippen LogP contribution in [0.3, 0.4) is 0 Å². The van der Waals surface area contributed by atoms with E-state index in [1.165, 1.54) is 30.7 Å². The Labute approximate surface area is 158 Å². The number of benzene rings is 1. The van der Waals surface area contributed by atoms with Gasteiger partial charge in [0.05, 0.1) is 0 Å². The molecule has 1 saturated heterocycles. The second-order valence-corrected chi connectivity index (χ2v) is 6.69. The summed E-state index contributed by atoms with van der Waals surface area (Å²) in [4.78, 5) is 18.7. The molecular formula is C20H25FN4O2. The summed E-state index contributed by atoms with van der Waals surface area (Å²) in [7, 11) is 0. The lowest BCUT2D eigenvalue weighted by atomic mass is 9.99. The highest BCUT2D eigenvalue weighted by molar-refractivity contribution is 5.89. The summed E-state index contributed by atoms with van der Waals surface area (Å²) in [5.74, 6) is 0.565. The number of carbonyl (C=O) groups is 1. The molecule has 2 aromatic rings. The van der Waals surface area contributed by atoms with E-state index >= 15 is 0 Å². The number of hydrogen-bond donors (Lipinski definition) is 3. The number of halogens is 1. The molecular weight excluding hydrogens is 347 g/mol. The molecule has 2 heterocycles. The van der Waals surface area contributed by atoms with E-state index in [2.05, 4.69) is 20.5 Å². The summed E-state index contributed by atoms with van der Waals surface area (Å²) < 4.78 is 12.9. The topological polar surface area (TPSA) is 77.5 Å². The van der Waals surface area contributed by atoms with Gasteiger partial charge in [0.2, 0.25) is 0 Å². The number of hydrogen-bond acceptors (Lipinski definition) is 4. The molecule has 0 radical (unpaired) electrons. The first-order valence-corrected chi connectivity index (χ1v) is 9.28. The lowest BCUT2D eigenvalue weighted by Gasteiger charge is -2.36. The third-order valence-corrected chi connectivity index (χ3v) is 4.75. The molecule has 0 saturated carbocycles. The molecule has 1 aliphatic rings. The summed E-state index contributed by atoms with van der Waals surface area (Å²) in [6, 6.07) is 9.49. The second-order valence-electron chi connectivity index (χ2n) is 6.69. The molecule has 1 fully saturated rings. The van der Waals surface area contributed by atoms with Crippen molar-refractivity contribution in [2.75, 3.05) is 23.4 Å². The molecule has 1 aromatic heterocycles. The number of aliphatic hydroxyl groups is 1. The van der Waals surface area contributed by atoms with Crippen molar-refractivity contribution < 1.29 is 14.3 Å². The van der Waals surface area contributed by atoms with E-state index in [4.69, 9.17) is 0 Å². The predicted octanol–water partition coefficient (Wildman–Crippen LogP) is 3.28. The summed E-state index contributed by atoms with van der Waals surface area (Å²) >= 11 is 0. The number of urea groups is 1. The van der Waals surface area contributed by atoms with Crippen LogP contribution in [0.5, 0.6) is 0 Å². The Morgan fingerprint density at radius 1 is 1.22 bits per heavy atom. The standard InChI is InChI=1S/C20H25FN4O2/c21-16-5-7-17(8-6-16)24-20(27)23-14-15-4-9-19(22-13-15)25-11-2-1-3-18(25)10-12-26/h4-9,13,18,26H,1-3,10-12,14H2,(H2,23,24,27)/t18-/m0/s1. The van der Waals surface area contributed by atoms with E-state index in [9.17, 15) is 14.3 Å². The number of nitrogens with zero attached hydrogens (tertiary/aromatic N) is 2. The van der Waals surface area contributed by atoms with Crippen molar-refractivity contribution in [3.05, 3.63) is 54.0 Å². The number of pyridine rings is 1. The first-order valence-electron chi connectivity index (χ1n) is 9.28. The number of nitrogens with one attached hydrogen (secondary N) is 2. The van der Waals surface area contributed by atoms with Crippen LogP contribution in [-0.2, 0) is 6.54 Å². The minimum Gasteiger partial charge on any atom is -0.396 e. The monoisotopic (exact) mass is 372 g/mol. The van der Waals surface area contributed by atoms with Gasteiger partial charge in [-0.15, -0.1) is 0 Å². The second kappa shape index (κ2) is 9.32. The minimum absolute atomic E-state index is 0.187. The third kappa shape index (κ3) is 5.40. The molecule has 0 spiro atoms. The van der Waals surface area contributed by atoms with Gasteiger partial charge in [-0.1, -0.05) is 6.07 Å². The first-order chi connectivity index (χ1) is 13.2. The lowest BCUT2D eigenvalue weighted by Crippen LogP contribution is -2.40. The highest BCUT2D eigenvalue weighted by Crippen LogP contribution is 2.25. The quantitative estimate of drug-likeness (QED) is 0.727. The van der Waals surface area contributed by atoms with Crippen molar-refractivity contribution in [3.63, 3.8) is 0 Å². The maximum atomic E-state index is 12.9. The number of carbonyl (C=O) groups excluding carboxylic acids is 1. The van der Waals surface area contributed by atoms with Crippen LogP contribution in [0.4, 0.5) is 20.7 Å². The van der Waals surface area contributed by atoms with Crippen LogP contribution >= 0.6 is 0 Å². The van der Waals surface area contributed by atoms with Crippen LogP contribution in [0.2, 0.25) is 0 Å². The molecule has 2 amide bonds. The van der Waals surface area contributed by atoms with Gasteiger partial charge < -0.3 is 20.6 Å². The van der Waals surface area contributed by atoms with Crippen LogP contribution in [0, 0.1) is 5.82 Å². The summed E-state index contributed by atoms with van der Waals surface area (Å²) in [5, 5.41) is 14.7. The van der Waals surface area contributed by atoms with E-state index in [0.717, 1.165) is 37.2 Å². The van der Waals surface area contributed by atoms with Gasteiger partial charge in [-0.05, 0) is 61.6 Å². The molecule has 27 heavy (non-hydrogen) atoms. The molecule has 0 bridgehead atoms. The fourth-order valence-electron chi connectivity index (χ4n) is 3.33. The largest absolute Gasteiger partial charge is 0.396 e. The van der Waals surface area contributed by atoms with Crippen LogP contribution in [0.1, 0.15) is 31.2 Å². The molecule has 0 aliphatic carbocycles. The van der Waals surface area contributed by atoms with Crippen molar-refractivity contribution in [3.8, 4) is 0 Å². The predicted molar refractivity (Wildman–Crippen MR) is 103 cm³/mol. The van der Waals surface area contributed by atoms with Gasteiger partial charge in [-0.2, -0.15) is 0 Å². The lowest BCUT2D eigenvalue weighted by molar-refractivity contribution is 0.251. The molecule has 6 nitrogen and oxygen atoms in total. The van der Waals surface area contributed by atoms with Crippen LogP contribution in [0.25, 0.3) is 0 Å². The Bertz CT molecular complexity index is 735. The number of aliphatic hydroxyl groups excluding tert-OH is 1. The zero-order chi connectivity index (χ0) is 19.1. The van der Waals surface area contributed by atoms with Crippen LogP contribution in [-0.4, -0.2) is 35.3 Å². The highest BCUT2D eigenvalue weighted by Gasteiger charge is 2.22. The Hall–Kier alpha value is -2.67. The van der Waals surface area contributed by atoms with Gasteiger partial charge in [0.15, 0.2) is 0 Å². The number of amides is 2. The van der Waals surface area contributed by atoms with Crippen molar-refractivity contribution in [1.82, 2.24) is 10.3 Å². The molecule has 1 aliphatic heterocycles. The smallest absolute Gasteiger partial charge is 0.319 e. The maximum Gasteiger partial charge on any atom is 0.319 e. The number of anilines is 2. The van der Waals surface area contributed by atoms with Gasteiger partial charge in [0.1, 0.15) is 11.6 Å². The molecule has 1 atom stereocenters. The Morgan fingerprint density at radius 2 is 2.04 bits per heavy atom. The maximum absolute atomic E-state index is 12.9. The normalized spacial score (nSPS) is 16.8. The van der Waals surface area contributed by atoms with Crippen molar-refractivity contribution in [2.24, 2.45) is 0 Å². The van der Waals surface area contributed by atoms with Crippen LogP contribution < -0.4 is 15.5 Å². The van der Waals surface area contributed by atoms with E-state index in [1.54, 1.807) is 6.20 Å². The Kier molecular flexibility index (Phi) is 6.59. The van der Waals surface area contributed by atoms with Gasteiger partial charge in [0, 0.05) is 37.6 Å². The zero-order valence-corrected chi connectivity index (χ0v) is 15.2. The van der Waals surface area contributed by atoms with Crippen molar-refractivity contribution in [2.45, 2.75) is 38.3 Å². The van der Waals surface area contributed by atoms with E-state index in [1.807, 2.05) is 12.1 Å². The summed E-state index contributed by atoms with van der Waals surface area (Å²) in [5.41, 5.74) is 1.42. The molecule has 3 N–H and O–H groups in total. The fraction of sp³-hybridized carbons (Fsp3) is 0.400. The zero-order valence-electron chi connectivity index (χ0n) is 15.2. The van der Waals surface area contributed by atoms with Gasteiger partial charge in [-0.25, -0.2) is 14.2 Å². The third-order valence-electron chi connectivity index (χ3n) is 4.75. The molecule has 0 unspecified atom stereocenters. The first kappa shape index (κ1) is 19.1. The highest BCUT2D eigenvalue weighted by atomic mass is 19.1. The van der Waals surface area contributed by atoms with Gasteiger partial charge in [-0.3, -0.25) is 0 Å². The Morgan fingerprint density at radius 3 is 2.74 bits per heavy atom. The summed E-state index contributed by atoms with van der Waals surface area (Å²) in [6.07, 6.45) is 5.92. The van der Waals surface area contributed by atoms with E-state index in [-0.39, 0.29) is 18.5 Å². The van der Waals surface area contributed by atoms with Gasteiger partial charge in [0.25, 0.3) is 0 Å². The number of piperidine rings is 1. The molecule has 7 heteroatoms. The fourth-order valence-corrected chi connectivity index (χ4v) is 3.33. The van der Waals surface area contributed by atoms with Gasteiger partial charge >= 0.3 is 6.03 Å². The molecule has 144 valence electrons. The van der Waals surface area contributed by atoms with E-state index < -0.39 is 0 Å². The average molecular weight is 372 g/mol. The number of aromatic nitrogens is 1. The molecule has 3 rings (SSSR count).